The molecule has 1 fully saturated rings. The Balaban J connectivity index is 1.76. The van der Waals surface area contributed by atoms with Crippen LogP contribution in [-0.4, -0.2) is 53.1 Å². The van der Waals surface area contributed by atoms with Gasteiger partial charge < -0.3 is 10.8 Å². The molecule has 2 heterocycles. The predicted molar refractivity (Wildman–Crippen MR) is 100 cm³/mol. The van der Waals surface area contributed by atoms with Gasteiger partial charge in [-0.3, -0.25) is 5.10 Å². The van der Waals surface area contributed by atoms with Crippen LogP contribution in [0.25, 0.3) is 22.0 Å². The van der Waals surface area contributed by atoms with Crippen molar-refractivity contribution in [3.8, 4) is 11.1 Å². The zero-order chi connectivity index (χ0) is 21.8. The van der Waals surface area contributed by atoms with Gasteiger partial charge in [-0.05, 0) is 30.3 Å². The molecule has 3 aromatic rings. The summed E-state index contributed by atoms with van der Waals surface area (Å²) in [4.78, 5) is -0.579. The van der Waals surface area contributed by atoms with Crippen LogP contribution in [-0.2, 0) is 10.0 Å². The highest BCUT2D eigenvalue weighted by molar-refractivity contribution is 7.89. The van der Waals surface area contributed by atoms with Gasteiger partial charge in [-0.2, -0.15) is 9.40 Å². The van der Waals surface area contributed by atoms with Gasteiger partial charge in [0.15, 0.2) is 5.82 Å². The van der Waals surface area contributed by atoms with Crippen LogP contribution < -0.4 is 5.73 Å². The first-order valence-corrected chi connectivity index (χ1v) is 10.2. The Hall–Kier alpha value is -2.70. The summed E-state index contributed by atoms with van der Waals surface area (Å²) in [6.45, 7) is -1.91. The average Bonchev–Trinajstić information content (AvgIpc) is 3.22. The second kappa shape index (κ2) is 6.93. The van der Waals surface area contributed by atoms with Crippen LogP contribution in [0, 0.1) is 11.6 Å². The Labute approximate surface area is 168 Å². The summed E-state index contributed by atoms with van der Waals surface area (Å²) < 4.78 is 82.9. The van der Waals surface area contributed by atoms with Crippen molar-refractivity contribution < 1.29 is 31.1 Å². The number of aromatic nitrogens is 2. The summed E-state index contributed by atoms with van der Waals surface area (Å²) in [5, 5.41) is 15.4. The number of hydrogen-bond donors (Lipinski definition) is 3. The normalized spacial score (nSPS) is 19.6. The molecule has 1 aromatic heterocycles. The first-order chi connectivity index (χ1) is 14.0. The Morgan fingerprint density at radius 1 is 1.23 bits per heavy atom. The average molecular weight is 444 g/mol. The Bertz CT molecular complexity index is 1250. The number of benzene rings is 2. The molecule has 160 valence electrons. The zero-order valence-corrected chi connectivity index (χ0v) is 16.1. The number of alkyl halides is 2. The van der Waals surface area contributed by atoms with Crippen molar-refractivity contribution in [2.45, 2.75) is 23.3 Å². The smallest absolute Gasteiger partial charge is 0.263 e. The van der Waals surface area contributed by atoms with Gasteiger partial charge in [0, 0.05) is 17.5 Å². The lowest BCUT2D eigenvalue weighted by molar-refractivity contribution is 0.0161. The minimum Gasteiger partial charge on any atom is -0.395 e. The third kappa shape index (κ3) is 3.20. The maximum absolute atomic E-state index is 14.8. The van der Waals surface area contributed by atoms with E-state index >= 15 is 0 Å². The fraction of sp³-hybridized carbons (Fsp3) is 0.278. The first-order valence-electron chi connectivity index (χ1n) is 8.77. The van der Waals surface area contributed by atoms with Crippen LogP contribution in [0.3, 0.4) is 0 Å². The second-order valence-corrected chi connectivity index (χ2v) is 8.94. The van der Waals surface area contributed by atoms with E-state index in [4.69, 9.17) is 5.73 Å². The summed E-state index contributed by atoms with van der Waals surface area (Å²) in [7, 11) is -4.51. The Morgan fingerprint density at radius 2 is 1.93 bits per heavy atom. The number of anilines is 1. The third-order valence-corrected chi connectivity index (χ3v) is 6.97. The number of hydrogen-bond acceptors (Lipinski definition) is 5. The molecule has 0 amide bonds. The topological polar surface area (TPSA) is 112 Å². The van der Waals surface area contributed by atoms with E-state index in [1.54, 1.807) is 0 Å². The lowest BCUT2D eigenvalue weighted by Gasteiger charge is -2.22. The van der Waals surface area contributed by atoms with Crippen LogP contribution in [0.4, 0.5) is 23.4 Å². The molecular weight excluding hydrogens is 428 g/mol. The first kappa shape index (κ1) is 20.6. The monoisotopic (exact) mass is 444 g/mol. The lowest BCUT2D eigenvalue weighted by atomic mass is 10.0. The minimum absolute atomic E-state index is 0.0336. The molecular formula is C18H16F4N4O3S. The number of nitrogens with zero attached hydrogens (tertiary/aromatic N) is 2. The quantitative estimate of drug-likeness (QED) is 0.536. The summed E-state index contributed by atoms with van der Waals surface area (Å²) in [6, 6.07) is 4.09. The molecule has 12 heteroatoms. The summed E-state index contributed by atoms with van der Waals surface area (Å²) >= 11 is 0. The van der Waals surface area contributed by atoms with Crippen LogP contribution in [0.5, 0.6) is 0 Å². The molecule has 30 heavy (non-hydrogen) atoms. The number of sulfonamides is 1. The SMILES string of the molecule is Nc1n[nH]c2ccc(-c3ccc(S(=O)(=O)N4CC(F)(F)C[C@H]4CO)cc3F)c(F)c12. The summed E-state index contributed by atoms with van der Waals surface area (Å²) in [5.74, 6) is -5.33. The van der Waals surface area contributed by atoms with Gasteiger partial charge in [0.05, 0.1) is 35.0 Å². The minimum atomic E-state index is -4.51. The standard InChI is InChI=1S/C18H16F4N4O3S/c19-13-5-10(30(28,29)26-8-18(21,22)6-9(26)7-27)1-2-11(13)12-3-4-14-15(16(12)20)17(23)25-24-14/h1-5,9,27H,6-8H2,(H3,23,24,25)/t9-/m0/s1. The van der Waals surface area contributed by atoms with Crippen LogP contribution >= 0.6 is 0 Å². The molecule has 0 radical (unpaired) electrons. The van der Waals surface area contributed by atoms with Crippen molar-refractivity contribution in [2.75, 3.05) is 18.9 Å². The van der Waals surface area contributed by atoms with Gasteiger partial charge in [-0.25, -0.2) is 26.0 Å². The van der Waals surface area contributed by atoms with Gasteiger partial charge >= 0.3 is 0 Å². The number of fused-ring (bicyclic) bond motifs is 1. The lowest BCUT2D eigenvalue weighted by Crippen LogP contribution is -2.38. The number of aliphatic hydroxyl groups excluding tert-OH is 1. The molecule has 1 saturated heterocycles. The van der Waals surface area contributed by atoms with E-state index in [0.717, 1.165) is 12.1 Å². The number of nitrogens with one attached hydrogen (secondary N) is 1. The zero-order valence-electron chi connectivity index (χ0n) is 15.2. The van der Waals surface area contributed by atoms with Gasteiger partial charge in [-0.1, -0.05) is 0 Å². The number of aliphatic hydroxyl groups is 1. The number of aromatic amines is 1. The van der Waals surface area contributed by atoms with Crippen molar-refractivity contribution in [2.24, 2.45) is 0 Å². The van der Waals surface area contributed by atoms with E-state index in [1.807, 2.05) is 0 Å². The largest absolute Gasteiger partial charge is 0.395 e. The van der Waals surface area contributed by atoms with Gasteiger partial charge in [0.25, 0.3) is 5.92 Å². The summed E-state index contributed by atoms with van der Waals surface area (Å²) in [6.07, 6.45) is -0.833. The van der Waals surface area contributed by atoms with E-state index in [0.29, 0.717) is 15.9 Å². The van der Waals surface area contributed by atoms with Crippen molar-refractivity contribution >= 4 is 26.7 Å². The highest BCUT2D eigenvalue weighted by Crippen LogP contribution is 2.37. The van der Waals surface area contributed by atoms with Crippen LogP contribution in [0.15, 0.2) is 35.2 Å². The molecule has 0 unspecified atom stereocenters. The molecule has 4 rings (SSSR count). The summed E-state index contributed by atoms with van der Waals surface area (Å²) in [5.41, 5.74) is 5.52. The van der Waals surface area contributed by atoms with E-state index < -0.39 is 58.1 Å². The predicted octanol–water partition coefficient (Wildman–Crippen LogP) is 2.48. The van der Waals surface area contributed by atoms with Gasteiger partial charge in [0.1, 0.15) is 11.6 Å². The fourth-order valence-corrected chi connectivity index (χ4v) is 5.27. The second-order valence-electron chi connectivity index (χ2n) is 7.05. The molecule has 1 aliphatic rings. The molecule has 1 aliphatic heterocycles. The Morgan fingerprint density at radius 3 is 2.60 bits per heavy atom. The fourth-order valence-electron chi connectivity index (χ4n) is 3.62. The third-order valence-electron chi connectivity index (χ3n) is 5.07. The molecule has 0 spiro atoms. The van der Waals surface area contributed by atoms with E-state index in [2.05, 4.69) is 10.2 Å². The van der Waals surface area contributed by atoms with E-state index in [9.17, 15) is 31.1 Å². The Kier molecular flexibility index (Phi) is 4.75. The highest BCUT2D eigenvalue weighted by atomic mass is 32.2. The van der Waals surface area contributed by atoms with Crippen LogP contribution in [0.2, 0.25) is 0 Å². The van der Waals surface area contributed by atoms with Crippen molar-refractivity contribution in [3.05, 3.63) is 42.0 Å². The number of H-pyrrole nitrogens is 1. The molecule has 2 aromatic carbocycles. The van der Waals surface area contributed by atoms with Gasteiger partial charge in [0.2, 0.25) is 10.0 Å². The maximum atomic E-state index is 14.8. The highest BCUT2D eigenvalue weighted by Gasteiger charge is 2.49. The molecule has 0 saturated carbocycles. The molecule has 4 N–H and O–H groups in total. The van der Waals surface area contributed by atoms with Crippen molar-refractivity contribution in [1.82, 2.24) is 14.5 Å². The number of halogens is 4. The number of nitrogens with two attached hydrogens (primary N) is 1. The number of nitrogen functional groups attached to an aromatic ring is 1. The van der Waals surface area contributed by atoms with E-state index in [1.165, 1.54) is 12.1 Å². The van der Waals surface area contributed by atoms with Crippen LogP contribution in [0.1, 0.15) is 6.42 Å². The number of rotatable bonds is 4. The molecule has 1 atom stereocenters. The van der Waals surface area contributed by atoms with Crippen molar-refractivity contribution in [3.63, 3.8) is 0 Å². The maximum Gasteiger partial charge on any atom is 0.263 e. The molecule has 0 aliphatic carbocycles. The van der Waals surface area contributed by atoms with Gasteiger partial charge in [-0.15, -0.1) is 0 Å². The molecule has 7 nitrogen and oxygen atoms in total. The van der Waals surface area contributed by atoms with Crippen molar-refractivity contribution in [1.29, 1.82) is 0 Å². The van der Waals surface area contributed by atoms with E-state index in [-0.39, 0.29) is 22.3 Å². The molecule has 0 bridgehead atoms.